The quantitative estimate of drug-likeness (QED) is 0.239. The number of benzene rings is 1. The molecule has 5 atom stereocenters. The van der Waals surface area contributed by atoms with Crippen molar-refractivity contribution in [2.45, 2.75) is 81.6 Å². The number of aliphatic hydroxyl groups excluding tert-OH is 3. The minimum Gasteiger partial charge on any atom is -0.478 e. The molecule has 1 unspecified atom stereocenters. The van der Waals surface area contributed by atoms with Gasteiger partial charge in [-0.3, -0.25) is 9.59 Å². The van der Waals surface area contributed by atoms with Crippen molar-refractivity contribution < 1.29 is 39.5 Å². The van der Waals surface area contributed by atoms with Crippen molar-refractivity contribution in [3.8, 4) is 0 Å². The Hall–Kier alpha value is -3.23. The summed E-state index contributed by atoms with van der Waals surface area (Å²) >= 11 is 12.2. The second kappa shape index (κ2) is 12.7. The summed E-state index contributed by atoms with van der Waals surface area (Å²) in [5.74, 6) is -3.06. The van der Waals surface area contributed by atoms with Crippen LogP contribution in [0.25, 0.3) is 0 Å². The molecule has 2 aromatic rings. The van der Waals surface area contributed by atoms with Gasteiger partial charge in [-0.05, 0) is 37.1 Å². The summed E-state index contributed by atoms with van der Waals surface area (Å²) in [6.45, 7) is 0.887. The molecule has 13 nitrogen and oxygen atoms in total. The Balaban J connectivity index is 1.52. The van der Waals surface area contributed by atoms with Crippen LogP contribution in [-0.4, -0.2) is 83.7 Å². The minimum atomic E-state index is -1.74. The van der Waals surface area contributed by atoms with Crippen LogP contribution in [-0.2, 0) is 26.4 Å². The van der Waals surface area contributed by atoms with Gasteiger partial charge in [0.2, 0.25) is 11.7 Å². The molecule has 1 aromatic heterocycles. The molecule has 0 spiro atoms. The van der Waals surface area contributed by atoms with Crippen LogP contribution >= 0.6 is 23.2 Å². The monoisotopic (exact) mass is 611 g/mol. The van der Waals surface area contributed by atoms with E-state index in [2.05, 4.69) is 20.9 Å². The summed E-state index contributed by atoms with van der Waals surface area (Å²) in [6, 6.07) is 3.32. The number of nitrogens with zero attached hydrogens (tertiary/aromatic N) is 3. The molecular formula is C26H31Cl2N5O8. The van der Waals surface area contributed by atoms with Gasteiger partial charge in [-0.25, -0.2) is 9.48 Å². The van der Waals surface area contributed by atoms with Crippen molar-refractivity contribution in [1.29, 1.82) is 0 Å². The fraction of sp³-hybridized carbons (Fsp3) is 0.500. The molecule has 4 rings (SSSR count). The van der Waals surface area contributed by atoms with E-state index in [-0.39, 0.29) is 18.0 Å². The number of hydrogen-bond donors (Lipinski definition) is 6. The van der Waals surface area contributed by atoms with Crippen molar-refractivity contribution in [2.75, 3.05) is 0 Å². The van der Waals surface area contributed by atoms with Gasteiger partial charge in [0.05, 0.1) is 24.3 Å². The number of ether oxygens (including phenoxy) is 1. The average molecular weight is 612 g/mol. The van der Waals surface area contributed by atoms with E-state index < -0.39 is 53.6 Å². The maximum atomic E-state index is 13.2. The number of aliphatic carboxylic acids is 1. The highest BCUT2D eigenvalue weighted by atomic mass is 35.5. The lowest BCUT2D eigenvalue weighted by atomic mass is 9.79. The summed E-state index contributed by atoms with van der Waals surface area (Å²) in [5, 5.41) is 55.9. The predicted octanol–water partition coefficient (Wildman–Crippen LogP) is 1.13. The van der Waals surface area contributed by atoms with Gasteiger partial charge in [0.15, 0.2) is 6.10 Å². The first-order valence-corrected chi connectivity index (χ1v) is 13.8. The summed E-state index contributed by atoms with van der Waals surface area (Å²) in [6.07, 6.45) is -0.0229. The number of nitrogens with one attached hydrogen (secondary N) is 2. The molecule has 1 aromatic carbocycles. The van der Waals surface area contributed by atoms with E-state index in [1.54, 1.807) is 6.20 Å². The van der Waals surface area contributed by atoms with Gasteiger partial charge in [-0.15, -0.1) is 5.10 Å². The molecule has 1 aliphatic carbocycles. The Morgan fingerprint density at radius 3 is 2.41 bits per heavy atom. The van der Waals surface area contributed by atoms with Gasteiger partial charge in [-0.2, -0.15) is 0 Å². The van der Waals surface area contributed by atoms with E-state index in [1.165, 1.54) is 29.8 Å². The van der Waals surface area contributed by atoms with Crippen molar-refractivity contribution in [2.24, 2.45) is 0 Å². The summed E-state index contributed by atoms with van der Waals surface area (Å²) in [7, 11) is 0. The molecule has 15 heteroatoms. The predicted molar refractivity (Wildman–Crippen MR) is 145 cm³/mol. The lowest BCUT2D eigenvalue weighted by Crippen LogP contribution is -2.59. The lowest BCUT2D eigenvalue weighted by molar-refractivity contribution is -0.148. The molecule has 1 fully saturated rings. The van der Waals surface area contributed by atoms with Gasteiger partial charge < -0.3 is 35.8 Å². The van der Waals surface area contributed by atoms with E-state index in [1.807, 2.05) is 0 Å². The Labute approximate surface area is 245 Å². The highest BCUT2D eigenvalue weighted by molar-refractivity contribution is 6.35. The molecule has 41 heavy (non-hydrogen) atoms. The van der Waals surface area contributed by atoms with Crippen molar-refractivity contribution in [1.82, 2.24) is 25.6 Å². The van der Waals surface area contributed by atoms with E-state index in [0.29, 0.717) is 28.6 Å². The van der Waals surface area contributed by atoms with Gasteiger partial charge in [0.25, 0.3) is 5.91 Å². The second-order valence-corrected chi connectivity index (χ2v) is 11.1. The highest BCUT2D eigenvalue weighted by Crippen LogP contribution is 2.36. The SMILES string of the molecule is CC(=O)N[C@H]1C([C@H](O)[C@H](O)Cn2cc(C3(NC(=O)c4cc(Cl)cc(Cl)c4)CCCCC3)nn2)OC(C(=O)O)=C[C@@H]1O. The van der Waals surface area contributed by atoms with Crippen LogP contribution in [0.1, 0.15) is 55.1 Å². The van der Waals surface area contributed by atoms with Crippen molar-refractivity contribution in [3.05, 3.63) is 57.5 Å². The van der Waals surface area contributed by atoms with Gasteiger partial charge in [0.1, 0.15) is 24.0 Å². The van der Waals surface area contributed by atoms with Crippen LogP contribution in [0.15, 0.2) is 36.2 Å². The van der Waals surface area contributed by atoms with Crippen LogP contribution in [0.2, 0.25) is 10.0 Å². The second-order valence-electron chi connectivity index (χ2n) is 10.3. The number of carboxylic acid groups (broad SMARTS) is 1. The van der Waals surface area contributed by atoms with Crippen LogP contribution in [0.4, 0.5) is 0 Å². The number of carbonyl (C=O) groups is 3. The van der Waals surface area contributed by atoms with Crippen LogP contribution in [0.5, 0.6) is 0 Å². The highest BCUT2D eigenvalue weighted by Gasteiger charge is 2.44. The molecule has 2 aliphatic rings. The molecule has 222 valence electrons. The van der Waals surface area contributed by atoms with Gasteiger partial charge >= 0.3 is 5.97 Å². The molecule has 0 radical (unpaired) electrons. The molecule has 1 aliphatic heterocycles. The number of carboxylic acids is 1. The topological polar surface area (TPSA) is 196 Å². The van der Waals surface area contributed by atoms with E-state index in [0.717, 1.165) is 25.3 Å². The van der Waals surface area contributed by atoms with E-state index in [4.69, 9.17) is 27.9 Å². The zero-order valence-corrected chi connectivity index (χ0v) is 23.5. The number of rotatable bonds is 9. The molecule has 2 amide bonds. The maximum Gasteiger partial charge on any atom is 0.370 e. The normalized spacial score (nSPS) is 23.5. The number of aromatic nitrogens is 3. The van der Waals surface area contributed by atoms with Crippen LogP contribution < -0.4 is 10.6 Å². The first kappa shape index (κ1) is 30.7. The van der Waals surface area contributed by atoms with E-state index >= 15 is 0 Å². The fourth-order valence-corrected chi connectivity index (χ4v) is 5.74. The smallest absolute Gasteiger partial charge is 0.370 e. The van der Waals surface area contributed by atoms with Gasteiger partial charge in [0, 0.05) is 22.5 Å². The average Bonchev–Trinajstić information content (AvgIpc) is 3.38. The Bertz CT molecular complexity index is 1310. The fourth-order valence-electron chi connectivity index (χ4n) is 5.22. The number of amides is 2. The largest absolute Gasteiger partial charge is 0.478 e. The summed E-state index contributed by atoms with van der Waals surface area (Å²) < 4.78 is 6.62. The lowest BCUT2D eigenvalue weighted by Gasteiger charge is -2.38. The zero-order valence-electron chi connectivity index (χ0n) is 22.0. The Kier molecular flexibility index (Phi) is 9.55. The molecule has 0 saturated heterocycles. The number of carbonyl (C=O) groups excluding carboxylic acids is 2. The zero-order chi connectivity index (χ0) is 29.9. The van der Waals surface area contributed by atoms with Crippen LogP contribution in [0, 0.1) is 0 Å². The standard InChI is InChI=1S/C26H31Cl2N5O8/c1-13(34)29-21-17(35)10-19(25(39)40)41-23(21)22(37)18(36)11-33-12-20(31-32-33)26(5-3-2-4-6-26)30-24(38)14-7-15(27)9-16(28)8-14/h7-10,12,17-18,21-23,35-37H,2-6,11H2,1H3,(H,29,34)(H,30,38)(H,39,40)/t17-,18+,21+,22+,23?/m0/s1. The summed E-state index contributed by atoms with van der Waals surface area (Å²) in [4.78, 5) is 36.3. The molecule has 6 N–H and O–H groups in total. The number of halogens is 2. The van der Waals surface area contributed by atoms with Crippen molar-refractivity contribution in [3.63, 3.8) is 0 Å². The first-order chi connectivity index (χ1) is 19.4. The number of hydrogen-bond acceptors (Lipinski definition) is 9. The summed E-state index contributed by atoms with van der Waals surface area (Å²) in [5.41, 5.74) is -0.103. The van der Waals surface area contributed by atoms with Gasteiger partial charge in [-0.1, -0.05) is 47.7 Å². The molecule has 0 bridgehead atoms. The minimum absolute atomic E-state index is 0.288. The third-order valence-corrected chi connectivity index (χ3v) is 7.64. The number of aliphatic hydroxyl groups is 3. The first-order valence-electron chi connectivity index (χ1n) is 13.0. The third-order valence-electron chi connectivity index (χ3n) is 7.21. The molecule has 2 heterocycles. The Morgan fingerprint density at radius 1 is 1.15 bits per heavy atom. The molecule has 1 saturated carbocycles. The molecular weight excluding hydrogens is 581 g/mol. The third kappa shape index (κ3) is 7.16. The van der Waals surface area contributed by atoms with E-state index in [9.17, 15) is 34.8 Å². The van der Waals surface area contributed by atoms with Crippen molar-refractivity contribution >= 4 is 41.0 Å². The van der Waals surface area contributed by atoms with Crippen LogP contribution in [0.3, 0.4) is 0 Å². The maximum absolute atomic E-state index is 13.2. The Morgan fingerprint density at radius 2 is 1.80 bits per heavy atom.